The molecule has 0 radical (unpaired) electrons. The highest BCUT2D eigenvalue weighted by molar-refractivity contribution is 5.73. The molecule has 2 nitrogen and oxygen atoms in total. The SMILES string of the molecule is CC(=O)N(CCCC(C)(C)C)CC(F)(F)F. The van der Waals surface area contributed by atoms with Gasteiger partial charge in [0.1, 0.15) is 6.54 Å². The van der Waals surface area contributed by atoms with Gasteiger partial charge in [-0.25, -0.2) is 0 Å². The first kappa shape index (κ1) is 15.3. The van der Waals surface area contributed by atoms with Crippen LogP contribution in [0.4, 0.5) is 13.2 Å². The zero-order valence-electron chi connectivity index (χ0n) is 10.3. The standard InChI is InChI=1S/C11H20F3NO/c1-9(16)15(8-11(12,13)14)7-5-6-10(2,3)4/h5-8H2,1-4H3. The maximum Gasteiger partial charge on any atom is 0.406 e. The first-order chi connectivity index (χ1) is 7.01. The summed E-state index contributed by atoms with van der Waals surface area (Å²) in [5, 5.41) is 0. The van der Waals surface area contributed by atoms with E-state index in [-0.39, 0.29) is 12.0 Å². The van der Waals surface area contributed by atoms with E-state index in [9.17, 15) is 18.0 Å². The monoisotopic (exact) mass is 239 g/mol. The number of alkyl halides is 3. The molecule has 0 N–H and O–H groups in total. The van der Waals surface area contributed by atoms with Crippen LogP contribution < -0.4 is 0 Å². The maximum atomic E-state index is 12.1. The van der Waals surface area contributed by atoms with E-state index in [1.165, 1.54) is 6.92 Å². The highest BCUT2D eigenvalue weighted by Gasteiger charge is 2.31. The smallest absolute Gasteiger partial charge is 0.334 e. The second-order valence-electron chi connectivity index (χ2n) is 5.22. The molecule has 0 bridgehead atoms. The Morgan fingerprint density at radius 2 is 1.69 bits per heavy atom. The average Bonchev–Trinajstić information content (AvgIpc) is 1.97. The van der Waals surface area contributed by atoms with Crippen LogP contribution in [0.2, 0.25) is 0 Å². The van der Waals surface area contributed by atoms with Gasteiger partial charge in [-0.3, -0.25) is 4.79 Å². The maximum absolute atomic E-state index is 12.1. The Hall–Kier alpha value is -0.740. The molecule has 0 rings (SSSR count). The lowest BCUT2D eigenvalue weighted by atomic mass is 9.90. The highest BCUT2D eigenvalue weighted by atomic mass is 19.4. The van der Waals surface area contributed by atoms with Gasteiger partial charge >= 0.3 is 6.18 Å². The van der Waals surface area contributed by atoms with E-state index in [0.717, 1.165) is 11.3 Å². The topological polar surface area (TPSA) is 20.3 Å². The fourth-order valence-corrected chi connectivity index (χ4v) is 1.36. The van der Waals surface area contributed by atoms with Crippen molar-refractivity contribution in [3.63, 3.8) is 0 Å². The van der Waals surface area contributed by atoms with Crippen molar-refractivity contribution in [3.05, 3.63) is 0 Å². The van der Waals surface area contributed by atoms with Gasteiger partial charge in [-0.05, 0) is 18.3 Å². The molecular weight excluding hydrogens is 219 g/mol. The molecule has 0 heterocycles. The fraction of sp³-hybridized carbons (Fsp3) is 0.909. The third-order valence-corrected chi connectivity index (χ3v) is 2.17. The lowest BCUT2D eigenvalue weighted by Crippen LogP contribution is -2.38. The predicted molar refractivity (Wildman–Crippen MR) is 57.0 cm³/mol. The van der Waals surface area contributed by atoms with Crippen LogP contribution in [-0.4, -0.2) is 30.1 Å². The predicted octanol–water partition coefficient (Wildman–Crippen LogP) is 3.22. The molecule has 0 aromatic heterocycles. The summed E-state index contributed by atoms with van der Waals surface area (Å²) in [6.45, 7) is 6.26. The second-order valence-corrected chi connectivity index (χ2v) is 5.22. The molecule has 96 valence electrons. The van der Waals surface area contributed by atoms with Gasteiger partial charge in [0.25, 0.3) is 0 Å². The Morgan fingerprint density at radius 1 is 1.19 bits per heavy atom. The van der Waals surface area contributed by atoms with Crippen LogP contribution in [0.15, 0.2) is 0 Å². The van der Waals surface area contributed by atoms with Crippen molar-refractivity contribution in [2.24, 2.45) is 5.41 Å². The van der Waals surface area contributed by atoms with E-state index >= 15 is 0 Å². The summed E-state index contributed by atoms with van der Waals surface area (Å²) in [4.78, 5) is 11.9. The molecule has 5 heteroatoms. The van der Waals surface area contributed by atoms with Crippen molar-refractivity contribution in [1.29, 1.82) is 0 Å². The van der Waals surface area contributed by atoms with Gasteiger partial charge in [-0.1, -0.05) is 20.8 Å². The van der Waals surface area contributed by atoms with Crippen LogP contribution in [0.3, 0.4) is 0 Å². The Balaban J connectivity index is 4.11. The van der Waals surface area contributed by atoms with Gasteiger partial charge < -0.3 is 4.90 Å². The van der Waals surface area contributed by atoms with E-state index in [4.69, 9.17) is 0 Å². The Labute approximate surface area is 94.8 Å². The van der Waals surface area contributed by atoms with Crippen LogP contribution in [0, 0.1) is 5.41 Å². The fourth-order valence-electron chi connectivity index (χ4n) is 1.36. The molecule has 16 heavy (non-hydrogen) atoms. The molecule has 0 aliphatic rings. The summed E-state index contributed by atoms with van der Waals surface area (Å²) in [6.07, 6.45) is -2.92. The third kappa shape index (κ3) is 8.56. The molecule has 0 aromatic carbocycles. The first-order valence-electron chi connectivity index (χ1n) is 5.33. The summed E-state index contributed by atoms with van der Waals surface area (Å²) in [5.74, 6) is -0.522. The highest BCUT2D eigenvalue weighted by Crippen LogP contribution is 2.22. The van der Waals surface area contributed by atoms with Crippen LogP contribution >= 0.6 is 0 Å². The lowest BCUT2D eigenvalue weighted by Gasteiger charge is -2.24. The van der Waals surface area contributed by atoms with Crippen molar-refractivity contribution < 1.29 is 18.0 Å². The van der Waals surface area contributed by atoms with Gasteiger partial charge in [0.15, 0.2) is 0 Å². The van der Waals surface area contributed by atoms with Gasteiger partial charge in [0.2, 0.25) is 5.91 Å². The van der Waals surface area contributed by atoms with E-state index < -0.39 is 18.6 Å². The Kier molecular flexibility index (Phi) is 5.29. The van der Waals surface area contributed by atoms with Crippen molar-refractivity contribution in [1.82, 2.24) is 4.90 Å². The minimum atomic E-state index is -4.31. The molecule has 0 aliphatic heterocycles. The van der Waals surface area contributed by atoms with Crippen LogP contribution in [0.5, 0.6) is 0 Å². The second kappa shape index (κ2) is 5.55. The van der Waals surface area contributed by atoms with Gasteiger partial charge in [0, 0.05) is 13.5 Å². The summed E-state index contributed by atoms with van der Waals surface area (Å²) >= 11 is 0. The number of carbonyl (C=O) groups is 1. The Morgan fingerprint density at radius 3 is 2.00 bits per heavy atom. The number of amides is 1. The molecule has 0 aliphatic carbocycles. The van der Waals surface area contributed by atoms with Crippen LogP contribution in [0.1, 0.15) is 40.5 Å². The van der Waals surface area contributed by atoms with Gasteiger partial charge in [-0.15, -0.1) is 0 Å². The molecule has 0 aromatic rings. The van der Waals surface area contributed by atoms with E-state index in [2.05, 4.69) is 0 Å². The number of hydrogen-bond donors (Lipinski definition) is 0. The summed E-state index contributed by atoms with van der Waals surface area (Å²) < 4.78 is 36.4. The minimum absolute atomic E-state index is 0.0840. The zero-order valence-corrected chi connectivity index (χ0v) is 10.3. The Bertz CT molecular complexity index is 230. The zero-order chi connectivity index (χ0) is 13.0. The summed E-state index contributed by atoms with van der Waals surface area (Å²) in [7, 11) is 0. The number of carbonyl (C=O) groups excluding carboxylic acids is 1. The molecule has 0 atom stereocenters. The van der Waals surface area contributed by atoms with Crippen molar-refractivity contribution in [2.75, 3.05) is 13.1 Å². The molecule has 0 fully saturated rings. The van der Waals surface area contributed by atoms with Gasteiger partial charge in [0.05, 0.1) is 0 Å². The number of hydrogen-bond acceptors (Lipinski definition) is 1. The lowest BCUT2D eigenvalue weighted by molar-refractivity contribution is -0.160. The van der Waals surface area contributed by atoms with E-state index in [1.807, 2.05) is 20.8 Å². The molecule has 1 amide bonds. The normalized spacial score (nSPS) is 12.7. The number of halogens is 3. The molecular formula is C11H20F3NO. The summed E-state index contributed by atoms with van der Waals surface area (Å²) in [5.41, 5.74) is 0.0840. The van der Waals surface area contributed by atoms with Gasteiger partial charge in [-0.2, -0.15) is 13.2 Å². The van der Waals surface area contributed by atoms with E-state index in [0.29, 0.717) is 6.42 Å². The molecule has 0 spiro atoms. The first-order valence-corrected chi connectivity index (χ1v) is 5.33. The molecule has 0 saturated carbocycles. The minimum Gasteiger partial charge on any atom is -0.334 e. The van der Waals surface area contributed by atoms with Crippen LogP contribution in [-0.2, 0) is 4.79 Å². The average molecular weight is 239 g/mol. The largest absolute Gasteiger partial charge is 0.406 e. The quantitative estimate of drug-likeness (QED) is 0.737. The third-order valence-electron chi connectivity index (χ3n) is 2.17. The van der Waals surface area contributed by atoms with Crippen molar-refractivity contribution in [2.45, 2.75) is 46.7 Å². The number of nitrogens with zero attached hydrogens (tertiary/aromatic N) is 1. The van der Waals surface area contributed by atoms with Crippen LogP contribution in [0.25, 0.3) is 0 Å². The van der Waals surface area contributed by atoms with Crippen molar-refractivity contribution >= 4 is 5.91 Å². The van der Waals surface area contributed by atoms with E-state index in [1.54, 1.807) is 0 Å². The molecule has 0 unspecified atom stereocenters. The number of rotatable bonds is 4. The van der Waals surface area contributed by atoms with Crippen molar-refractivity contribution in [3.8, 4) is 0 Å². The molecule has 0 saturated heterocycles. The summed E-state index contributed by atoms with van der Waals surface area (Å²) in [6, 6.07) is 0.